The van der Waals surface area contributed by atoms with Crippen LogP contribution in [0, 0.1) is 6.92 Å². The minimum absolute atomic E-state index is 0.617. The Bertz CT molecular complexity index is 2770. The van der Waals surface area contributed by atoms with Gasteiger partial charge in [0, 0.05) is 27.8 Å². The molecule has 2 aromatic heterocycles. The lowest BCUT2D eigenvalue weighted by Gasteiger charge is -2.13. The average Bonchev–Trinajstić information content (AvgIpc) is 3.27. The molecule has 55 heavy (non-hydrogen) atoms. The topological polar surface area (TPSA) is 77.3 Å². The average molecular weight is 707 g/mol. The zero-order valence-corrected chi connectivity index (χ0v) is 30.1. The Kier molecular flexibility index (Phi) is 9.04. The molecular formula is C49H34N6. The molecule has 0 fully saturated rings. The van der Waals surface area contributed by atoms with Crippen molar-refractivity contribution in [3.63, 3.8) is 0 Å². The summed E-state index contributed by atoms with van der Waals surface area (Å²) in [4.78, 5) is 28.8. The van der Waals surface area contributed by atoms with Crippen LogP contribution in [0.3, 0.4) is 0 Å². The first-order valence-corrected chi connectivity index (χ1v) is 18.2. The Morgan fingerprint density at radius 3 is 1.22 bits per heavy atom. The normalized spacial score (nSPS) is 11.0. The predicted molar refractivity (Wildman–Crippen MR) is 221 cm³/mol. The van der Waals surface area contributed by atoms with E-state index in [9.17, 15) is 0 Å². The Labute approximate surface area is 320 Å². The Morgan fingerprint density at radius 1 is 0.273 bits per heavy atom. The van der Waals surface area contributed by atoms with E-state index in [-0.39, 0.29) is 0 Å². The van der Waals surface area contributed by atoms with Crippen LogP contribution in [0.5, 0.6) is 0 Å². The maximum Gasteiger partial charge on any atom is 0.164 e. The summed E-state index contributed by atoms with van der Waals surface area (Å²) in [5.41, 5.74) is 12.4. The molecule has 0 saturated carbocycles. The van der Waals surface area contributed by atoms with Crippen molar-refractivity contribution in [2.75, 3.05) is 0 Å². The lowest BCUT2D eigenvalue weighted by Crippen LogP contribution is -2.00. The number of benzene rings is 7. The van der Waals surface area contributed by atoms with E-state index in [1.54, 1.807) is 6.33 Å². The van der Waals surface area contributed by atoms with Gasteiger partial charge in [0.2, 0.25) is 0 Å². The standard InChI is InChI=1S/C49H34N6/c1-33-26-27-43(49-54-47(36-18-9-4-10-19-36)53-48(55-49)42-25-12-20-37(29-42)34-14-5-2-6-15-34)31-44(33)40-23-11-21-38(28-40)39-22-13-24-41(30-39)46-51-32-50-45(52-46)35-16-7-3-8-17-35/h2-32H,1H3. The molecule has 0 amide bonds. The lowest BCUT2D eigenvalue weighted by atomic mass is 9.94. The third-order valence-corrected chi connectivity index (χ3v) is 9.62. The van der Waals surface area contributed by atoms with Gasteiger partial charge in [-0.1, -0.05) is 158 Å². The molecule has 0 unspecified atom stereocenters. The molecule has 9 rings (SSSR count). The van der Waals surface area contributed by atoms with Gasteiger partial charge in [-0.15, -0.1) is 0 Å². The molecule has 0 saturated heterocycles. The molecule has 0 aliphatic carbocycles. The maximum atomic E-state index is 5.09. The SMILES string of the molecule is Cc1ccc(-c2nc(-c3ccccc3)nc(-c3cccc(-c4ccccc4)c3)n2)cc1-c1cccc(-c2cccc(-c3ncnc(-c4ccccc4)n3)c2)c1. The number of hydrogen-bond donors (Lipinski definition) is 0. The van der Waals surface area contributed by atoms with Crippen LogP contribution >= 0.6 is 0 Å². The predicted octanol–water partition coefficient (Wildman–Crippen LogP) is 11.7. The molecule has 0 aliphatic heterocycles. The molecule has 0 atom stereocenters. The summed E-state index contributed by atoms with van der Waals surface area (Å²) in [5, 5.41) is 0. The molecule has 6 heteroatoms. The van der Waals surface area contributed by atoms with Gasteiger partial charge in [0.05, 0.1) is 0 Å². The van der Waals surface area contributed by atoms with Crippen molar-refractivity contribution in [2.45, 2.75) is 6.92 Å². The molecule has 260 valence electrons. The number of rotatable bonds is 8. The molecular weight excluding hydrogens is 673 g/mol. The molecule has 0 aliphatic rings. The summed E-state index contributed by atoms with van der Waals surface area (Å²) in [6.45, 7) is 2.14. The summed E-state index contributed by atoms with van der Waals surface area (Å²) in [6.07, 6.45) is 1.58. The van der Waals surface area contributed by atoms with Gasteiger partial charge < -0.3 is 0 Å². The molecule has 2 heterocycles. The van der Waals surface area contributed by atoms with Crippen LogP contribution in [0.25, 0.3) is 90.3 Å². The van der Waals surface area contributed by atoms with Crippen LogP contribution in [0.4, 0.5) is 0 Å². The number of nitrogens with zero attached hydrogens (tertiary/aromatic N) is 6. The molecule has 9 aromatic rings. The second kappa shape index (κ2) is 14.9. The summed E-state index contributed by atoms with van der Waals surface area (Å²) < 4.78 is 0. The van der Waals surface area contributed by atoms with Gasteiger partial charge in [0.25, 0.3) is 0 Å². The first-order chi connectivity index (χ1) is 27.1. The highest BCUT2D eigenvalue weighted by molar-refractivity contribution is 5.80. The molecule has 7 aromatic carbocycles. The second-order valence-corrected chi connectivity index (χ2v) is 13.3. The maximum absolute atomic E-state index is 5.09. The zero-order chi connectivity index (χ0) is 37.0. The Hall–Kier alpha value is -7.44. The van der Waals surface area contributed by atoms with E-state index in [0.717, 1.165) is 66.8 Å². The minimum Gasteiger partial charge on any atom is -0.217 e. The van der Waals surface area contributed by atoms with E-state index < -0.39 is 0 Å². The Balaban J connectivity index is 1.08. The van der Waals surface area contributed by atoms with Gasteiger partial charge in [-0.05, 0) is 70.1 Å². The highest BCUT2D eigenvalue weighted by Gasteiger charge is 2.15. The third-order valence-electron chi connectivity index (χ3n) is 9.62. The fourth-order valence-corrected chi connectivity index (χ4v) is 6.76. The van der Waals surface area contributed by atoms with Crippen LogP contribution in [0.2, 0.25) is 0 Å². The zero-order valence-electron chi connectivity index (χ0n) is 30.1. The monoisotopic (exact) mass is 706 g/mol. The largest absolute Gasteiger partial charge is 0.217 e. The van der Waals surface area contributed by atoms with Crippen molar-refractivity contribution in [2.24, 2.45) is 0 Å². The van der Waals surface area contributed by atoms with Crippen LogP contribution in [-0.4, -0.2) is 29.9 Å². The highest BCUT2D eigenvalue weighted by Crippen LogP contribution is 2.34. The second-order valence-electron chi connectivity index (χ2n) is 13.3. The summed E-state index contributed by atoms with van der Waals surface area (Å²) in [5.74, 6) is 3.15. The molecule has 0 spiro atoms. The van der Waals surface area contributed by atoms with Crippen molar-refractivity contribution in [1.29, 1.82) is 0 Å². The third kappa shape index (κ3) is 7.17. The molecule has 0 bridgehead atoms. The van der Waals surface area contributed by atoms with Gasteiger partial charge in [-0.25, -0.2) is 29.9 Å². The fraction of sp³-hybridized carbons (Fsp3) is 0.0204. The van der Waals surface area contributed by atoms with E-state index in [4.69, 9.17) is 19.9 Å². The van der Waals surface area contributed by atoms with Gasteiger partial charge in [0.15, 0.2) is 29.1 Å². The first kappa shape index (κ1) is 33.4. The quantitative estimate of drug-likeness (QED) is 0.157. The summed E-state index contributed by atoms with van der Waals surface area (Å²) in [7, 11) is 0. The molecule has 0 radical (unpaired) electrons. The van der Waals surface area contributed by atoms with Crippen LogP contribution < -0.4 is 0 Å². The summed E-state index contributed by atoms with van der Waals surface area (Å²) >= 11 is 0. The number of aromatic nitrogens is 6. The highest BCUT2D eigenvalue weighted by atomic mass is 15.0. The van der Waals surface area contributed by atoms with Crippen molar-refractivity contribution in [3.8, 4) is 90.3 Å². The molecule has 6 nitrogen and oxygen atoms in total. The Morgan fingerprint density at radius 2 is 0.636 bits per heavy atom. The van der Waals surface area contributed by atoms with Crippen molar-refractivity contribution in [1.82, 2.24) is 29.9 Å². The van der Waals surface area contributed by atoms with E-state index >= 15 is 0 Å². The van der Waals surface area contributed by atoms with Gasteiger partial charge in [-0.2, -0.15) is 0 Å². The minimum atomic E-state index is 0.617. The molecule has 0 N–H and O–H groups in total. The smallest absolute Gasteiger partial charge is 0.164 e. The van der Waals surface area contributed by atoms with Gasteiger partial charge in [-0.3, -0.25) is 0 Å². The lowest BCUT2D eigenvalue weighted by molar-refractivity contribution is 1.07. The van der Waals surface area contributed by atoms with Crippen molar-refractivity contribution >= 4 is 0 Å². The summed E-state index contributed by atoms with van der Waals surface area (Å²) in [6, 6.07) is 62.2. The van der Waals surface area contributed by atoms with E-state index in [0.29, 0.717) is 29.1 Å². The van der Waals surface area contributed by atoms with Crippen LogP contribution in [0.15, 0.2) is 188 Å². The van der Waals surface area contributed by atoms with E-state index in [2.05, 4.69) is 120 Å². The van der Waals surface area contributed by atoms with Gasteiger partial charge >= 0.3 is 0 Å². The number of hydrogen-bond acceptors (Lipinski definition) is 6. The van der Waals surface area contributed by atoms with E-state index in [1.807, 2.05) is 78.9 Å². The van der Waals surface area contributed by atoms with Crippen molar-refractivity contribution in [3.05, 3.63) is 194 Å². The van der Waals surface area contributed by atoms with Gasteiger partial charge in [0.1, 0.15) is 6.33 Å². The van der Waals surface area contributed by atoms with Crippen LogP contribution in [-0.2, 0) is 0 Å². The fourth-order valence-electron chi connectivity index (χ4n) is 6.76. The number of aryl methyl sites for hydroxylation is 1. The van der Waals surface area contributed by atoms with Crippen molar-refractivity contribution < 1.29 is 0 Å². The first-order valence-electron chi connectivity index (χ1n) is 18.2. The van der Waals surface area contributed by atoms with E-state index in [1.165, 1.54) is 0 Å². The van der Waals surface area contributed by atoms with Crippen LogP contribution in [0.1, 0.15) is 5.56 Å².